The first-order valence-corrected chi connectivity index (χ1v) is 11.3. The van der Waals surface area contributed by atoms with E-state index in [1.54, 1.807) is 13.8 Å². The van der Waals surface area contributed by atoms with E-state index in [2.05, 4.69) is 26.0 Å². The van der Waals surface area contributed by atoms with Crippen molar-refractivity contribution in [2.75, 3.05) is 10.6 Å². The first-order valence-electron chi connectivity index (χ1n) is 11.3. The van der Waals surface area contributed by atoms with Crippen LogP contribution in [0.25, 0.3) is 5.69 Å². The number of aromatic carboxylic acids is 2. The van der Waals surface area contributed by atoms with Gasteiger partial charge in [0.05, 0.1) is 34.4 Å². The number of phenolic OH excluding ortho intramolecular Hbond substituents is 1. The molecule has 5 N–H and O–H groups in total. The molecule has 0 radical (unpaired) electrons. The quantitative estimate of drug-likeness (QED) is 0.230. The van der Waals surface area contributed by atoms with Crippen LogP contribution in [0.1, 0.15) is 59.0 Å². The lowest BCUT2D eigenvalue weighted by molar-refractivity contribution is -0.117. The molecule has 2 heterocycles. The van der Waals surface area contributed by atoms with E-state index in [-0.39, 0.29) is 63.3 Å². The molecular formula is C25H21N7O7. The number of carbonyl (C=O) groups is 4. The van der Waals surface area contributed by atoms with Gasteiger partial charge in [-0.3, -0.25) is 9.59 Å². The number of rotatable bonds is 6. The molecule has 0 saturated carbocycles. The van der Waals surface area contributed by atoms with Crippen LogP contribution < -0.4 is 10.6 Å². The zero-order valence-corrected chi connectivity index (χ0v) is 20.8. The van der Waals surface area contributed by atoms with Gasteiger partial charge in [0.2, 0.25) is 11.8 Å². The Bertz CT molecular complexity index is 1610. The molecule has 2 aromatic carbocycles. The molecule has 1 aromatic heterocycles. The third-order valence-electron chi connectivity index (χ3n) is 5.91. The minimum absolute atomic E-state index is 0.0103. The number of carboxylic acids is 2. The van der Waals surface area contributed by atoms with Crippen molar-refractivity contribution in [2.24, 2.45) is 10.2 Å². The topological polar surface area (TPSA) is 219 Å². The minimum atomic E-state index is -1.38. The van der Waals surface area contributed by atoms with Crippen LogP contribution in [-0.2, 0) is 15.0 Å². The third kappa shape index (κ3) is 5.01. The molecule has 0 fully saturated rings. The van der Waals surface area contributed by atoms with Gasteiger partial charge in [0.15, 0.2) is 5.82 Å². The summed E-state index contributed by atoms with van der Waals surface area (Å²) in [5, 5.41) is 56.9. The van der Waals surface area contributed by atoms with Gasteiger partial charge in [-0.25, -0.2) is 14.3 Å². The van der Waals surface area contributed by atoms with Gasteiger partial charge >= 0.3 is 11.9 Å². The molecule has 4 rings (SSSR count). The summed E-state index contributed by atoms with van der Waals surface area (Å²) in [4.78, 5) is 47.3. The normalized spacial score (nSPS) is 13.8. The lowest BCUT2D eigenvalue weighted by atomic mass is 9.76. The number of nitrogens with zero attached hydrogens (tertiary/aromatic N) is 5. The van der Waals surface area contributed by atoms with E-state index in [4.69, 9.17) is 0 Å². The van der Waals surface area contributed by atoms with Gasteiger partial charge in [-0.05, 0) is 24.3 Å². The molecule has 0 saturated heterocycles. The summed E-state index contributed by atoms with van der Waals surface area (Å²) in [6.45, 7) is 4.73. The number of phenols is 1. The number of carbonyl (C=O) groups excluding carboxylic acids is 2. The summed E-state index contributed by atoms with van der Waals surface area (Å²) in [5.74, 6) is -3.99. The van der Waals surface area contributed by atoms with Crippen molar-refractivity contribution in [1.29, 1.82) is 5.26 Å². The number of aromatic nitrogens is 2. The van der Waals surface area contributed by atoms with E-state index in [0.717, 1.165) is 29.1 Å². The van der Waals surface area contributed by atoms with Crippen molar-refractivity contribution < 1.29 is 34.5 Å². The predicted octanol–water partition coefficient (Wildman–Crippen LogP) is 3.84. The van der Waals surface area contributed by atoms with Gasteiger partial charge in [0.1, 0.15) is 23.1 Å². The van der Waals surface area contributed by atoms with Gasteiger partial charge in [-0.1, -0.05) is 13.8 Å². The lowest BCUT2D eigenvalue weighted by Crippen LogP contribution is -2.32. The molecule has 1 aliphatic rings. The Morgan fingerprint density at radius 3 is 2.33 bits per heavy atom. The molecule has 14 nitrogen and oxygen atoms in total. The number of azo groups is 1. The average Bonchev–Trinajstić information content (AvgIpc) is 3.26. The molecule has 0 spiro atoms. The van der Waals surface area contributed by atoms with Crippen molar-refractivity contribution in [3.63, 3.8) is 0 Å². The number of hydrogen-bond donors (Lipinski definition) is 5. The van der Waals surface area contributed by atoms with Crippen LogP contribution in [0.3, 0.4) is 0 Å². The summed E-state index contributed by atoms with van der Waals surface area (Å²) < 4.78 is 1.05. The van der Waals surface area contributed by atoms with E-state index in [1.807, 2.05) is 6.07 Å². The maximum atomic E-state index is 12.4. The predicted molar refractivity (Wildman–Crippen MR) is 135 cm³/mol. The SMILES string of the molecule is CC(=O)Nc1cc(N=Nc2c(C#N)cnn2-c2cc(C(=O)O)cc(C(=O)O)c2)c2c(c1O)C(C)(C)CC(=O)N2. The van der Waals surface area contributed by atoms with Crippen LogP contribution in [-0.4, -0.2) is 48.9 Å². The van der Waals surface area contributed by atoms with Crippen LogP contribution in [0.2, 0.25) is 0 Å². The molecule has 39 heavy (non-hydrogen) atoms. The highest BCUT2D eigenvalue weighted by Gasteiger charge is 2.37. The van der Waals surface area contributed by atoms with Crippen LogP contribution in [0.5, 0.6) is 5.75 Å². The molecule has 0 bridgehead atoms. The Morgan fingerprint density at radius 1 is 1.13 bits per heavy atom. The van der Waals surface area contributed by atoms with Crippen LogP contribution in [0.4, 0.5) is 22.9 Å². The highest BCUT2D eigenvalue weighted by atomic mass is 16.4. The van der Waals surface area contributed by atoms with Crippen LogP contribution in [0.15, 0.2) is 40.7 Å². The Labute approximate surface area is 220 Å². The van der Waals surface area contributed by atoms with E-state index in [9.17, 15) is 39.8 Å². The number of hydrogen-bond acceptors (Lipinski definition) is 9. The number of anilines is 2. The fourth-order valence-corrected chi connectivity index (χ4v) is 4.27. The summed E-state index contributed by atoms with van der Waals surface area (Å²) in [5.41, 5.74) is -1.07. The Kier molecular flexibility index (Phi) is 6.59. The van der Waals surface area contributed by atoms with Gasteiger partial charge in [0.25, 0.3) is 0 Å². The average molecular weight is 531 g/mol. The number of nitrogens with one attached hydrogen (secondary N) is 2. The summed E-state index contributed by atoms with van der Waals surface area (Å²) in [6.07, 6.45) is 1.19. The molecule has 14 heteroatoms. The Balaban J connectivity index is 1.92. The molecule has 0 aliphatic carbocycles. The number of aromatic hydroxyl groups is 1. The standard InChI is InChI=1S/C25H21N7O7/c1-11(33)28-17-7-16(20-19(21(17)35)25(2,3)8-18(34)29-20)30-31-22-14(9-26)10-27-32(22)15-5-12(23(36)37)4-13(6-15)24(38)39/h4-7,10,35H,8H2,1-3H3,(H,28,33)(H,29,34)(H,36,37)(H,38,39). The summed E-state index contributed by atoms with van der Waals surface area (Å²) in [6, 6.07) is 6.46. The molecule has 2 amide bonds. The summed E-state index contributed by atoms with van der Waals surface area (Å²) in [7, 11) is 0. The van der Waals surface area contributed by atoms with Crippen molar-refractivity contribution in [3.05, 3.63) is 52.7 Å². The molecule has 0 unspecified atom stereocenters. The highest BCUT2D eigenvalue weighted by molar-refractivity contribution is 6.02. The summed E-state index contributed by atoms with van der Waals surface area (Å²) >= 11 is 0. The first-order chi connectivity index (χ1) is 18.3. The van der Waals surface area contributed by atoms with E-state index in [0.29, 0.717) is 5.56 Å². The number of amides is 2. The molecule has 0 atom stereocenters. The van der Waals surface area contributed by atoms with E-state index in [1.165, 1.54) is 13.0 Å². The maximum absolute atomic E-state index is 12.4. The second-order valence-corrected chi connectivity index (χ2v) is 9.32. The smallest absolute Gasteiger partial charge is 0.335 e. The number of nitriles is 1. The zero-order chi connectivity index (χ0) is 28.6. The van der Waals surface area contributed by atoms with Crippen molar-refractivity contribution in [2.45, 2.75) is 32.6 Å². The molecular weight excluding hydrogens is 510 g/mol. The maximum Gasteiger partial charge on any atom is 0.335 e. The van der Waals surface area contributed by atoms with Crippen molar-refractivity contribution in [1.82, 2.24) is 9.78 Å². The first kappa shape index (κ1) is 26.5. The minimum Gasteiger partial charge on any atom is -0.505 e. The molecule has 1 aliphatic heterocycles. The van der Waals surface area contributed by atoms with Crippen LogP contribution in [0, 0.1) is 11.3 Å². The van der Waals surface area contributed by atoms with Gasteiger partial charge < -0.3 is 26.0 Å². The number of carboxylic acid groups (broad SMARTS) is 2. The zero-order valence-electron chi connectivity index (χ0n) is 20.8. The second-order valence-electron chi connectivity index (χ2n) is 9.32. The highest BCUT2D eigenvalue weighted by Crippen LogP contribution is 2.50. The fourth-order valence-electron chi connectivity index (χ4n) is 4.27. The van der Waals surface area contributed by atoms with Gasteiger partial charge in [-0.2, -0.15) is 10.4 Å². The van der Waals surface area contributed by atoms with Crippen LogP contribution >= 0.6 is 0 Å². The lowest BCUT2D eigenvalue weighted by Gasteiger charge is -2.33. The molecule has 3 aromatic rings. The third-order valence-corrected chi connectivity index (χ3v) is 5.91. The van der Waals surface area contributed by atoms with Crippen molar-refractivity contribution in [3.8, 4) is 17.5 Å². The van der Waals surface area contributed by atoms with Crippen molar-refractivity contribution >= 4 is 46.6 Å². The number of benzene rings is 2. The fraction of sp³-hybridized carbons (Fsp3) is 0.200. The van der Waals surface area contributed by atoms with E-state index < -0.39 is 23.3 Å². The molecule has 198 valence electrons. The van der Waals surface area contributed by atoms with Gasteiger partial charge in [-0.15, -0.1) is 10.2 Å². The number of fused-ring (bicyclic) bond motifs is 1. The Morgan fingerprint density at radius 2 is 1.77 bits per heavy atom. The van der Waals surface area contributed by atoms with E-state index >= 15 is 0 Å². The largest absolute Gasteiger partial charge is 0.505 e. The monoisotopic (exact) mass is 531 g/mol. The van der Waals surface area contributed by atoms with Gasteiger partial charge in [0, 0.05) is 24.3 Å². The Hall–Kier alpha value is -5.58. The second kappa shape index (κ2) is 9.71.